The van der Waals surface area contributed by atoms with Crippen molar-refractivity contribution in [1.29, 1.82) is 0 Å². The first-order valence-corrected chi connectivity index (χ1v) is 8.32. The third-order valence-corrected chi connectivity index (χ3v) is 4.25. The van der Waals surface area contributed by atoms with Crippen LogP contribution in [0.5, 0.6) is 0 Å². The van der Waals surface area contributed by atoms with E-state index in [0.29, 0.717) is 23.5 Å². The fourth-order valence-electron chi connectivity index (χ4n) is 2.94. The van der Waals surface area contributed by atoms with Gasteiger partial charge in [0.05, 0.1) is 5.69 Å². The Morgan fingerprint density at radius 2 is 1.92 bits per heavy atom. The SMILES string of the molecule is Cc1cc(=O)n(-c2ccccc2)nc1C(=O)NCCN1CCCC1. The highest BCUT2D eigenvalue weighted by Crippen LogP contribution is 2.07. The van der Waals surface area contributed by atoms with Gasteiger partial charge in [-0.05, 0) is 50.6 Å². The van der Waals surface area contributed by atoms with Crippen LogP contribution < -0.4 is 10.9 Å². The number of hydrogen-bond donors (Lipinski definition) is 1. The third-order valence-electron chi connectivity index (χ3n) is 4.25. The molecule has 0 saturated carbocycles. The highest BCUT2D eigenvalue weighted by Gasteiger charge is 2.16. The smallest absolute Gasteiger partial charge is 0.272 e. The average Bonchev–Trinajstić information content (AvgIpc) is 3.09. The number of aromatic nitrogens is 2. The number of amides is 1. The Labute approximate surface area is 141 Å². The van der Waals surface area contributed by atoms with Crippen LogP contribution in [-0.4, -0.2) is 46.8 Å². The molecule has 1 aliphatic heterocycles. The number of para-hydroxylation sites is 1. The summed E-state index contributed by atoms with van der Waals surface area (Å²) < 4.78 is 1.27. The minimum atomic E-state index is -0.243. The Bertz CT molecular complexity index is 764. The second-order valence-electron chi connectivity index (χ2n) is 6.07. The second-order valence-corrected chi connectivity index (χ2v) is 6.07. The Morgan fingerprint density at radius 3 is 2.62 bits per heavy atom. The molecule has 3 rings (SSSR count). The van der Waals surface area contributed by atoms with Crippen molar-refractivity contribution in [3.8, 4) is 5.69 Å². The summed E-state index contributed by atoms with van der Waals surface area (Å²) >= 11 is 0. The van der Waals surface area contributed by atoms with E-state index in [1.807, 2.05) is 18.2 Å². The quantitative estimate of drug-likeness (QED) is 0.901. The van der Waals surface area contributed by atoms with Gasteiger partial charge in [0.15, 0.2) is 5.69 Å². The molecule has 0 bridgehead atoms. The molecule has 126 valence electrons. The monoisotopic (exact) mass is 326 g/mol. The summed E-state index contributed by atoms with van der Waals surface area (Å²) in [5, 5.41) is 7.18. The van der Waals surface area contributed by atoms with Crippen molar-refractivity contribution < 1.29 is 4.79 Å². The van der Waals surface area contributed by atoms with Gasteiger partial charge in [-0.25, -0.2) is 0 Å². The summed E-state index contributed by atoms with van der Waals surface area (Å²) in [5.41, 5.74) is 1.28. The van der Waals surface area contributed by atoms with Gasteiger partial charge < -0.3 is 10.2 Å². The van der Waals surface area contributed by atoms with Gasteiger partial charge in [-0.2, -0.15) is 9.78 Å². The first kappa shape index (κ1) is 16.4. The number of rotatable bonds is 5. The molecule has 6 heteroatoms. The van der Waals surface area contributed by atoms with E-state index in [9.17, 15) is 9.59 Å². The fraction of sp³-hybridized carbons (Fsp3) is 0.389. The van der Waals surface area contributed by atoms with Gasteiger partial charge in [0.25, 0.3) is 11.5 Å². The molecule has 2 aromatic rings. The molecule has 1 amide bonds. The lowest BCUT2D eigenvalue weighted by atomic mass is 10.2. The molecule has 6 nitrogen and oxygen atoms in total. The maximum atomic E-state index is 12.4. The summed E-state index contributed by atoms with van der Waals surface area (Å²) in [6.45, 7) is 5.38. The number of likely N-dealkylation sites (tertiary alicyclic amines) is 1. The lowest BCUT2D eigenvalue weighted by Crippen LogP contribution is -2.35. The maximum absolute atomic E-state index is 12.4. The minimum absolute atomic E-state index is 0.239. The van der Waals surface area contributed by atoms with Crippen LogP contribution in [0.2, 0.25) is 0 Å². The Morgan fingerprint density at radius 1 is 1.21 bits per heavy atom. The first-order chi connectivity index (χ1) is 11.6. The molecule has 1 aromatic carbocycles. The molecule has 24 heavy (non-hydrogen) atoms. The van der Waals surface area contributed by atoms with Crippen molar-refractivity contribution in [3.63, 3.8) is 0 Å². The molecule has 0 aliphatic carbocycles. The zero-order valence-corrected chi connectivity index (χ0v) is 13.9. The lowest BCUT2D eigenvalue weighted by molar-refractivity contribution is 0.0942. The minimum Gasteiger partial charge on any atom is -0.349 e. The molecule has 1 fully saturated rings. The van der Waals surface area contributed by atoms with Gasteiger partial charge in [0.1, 0.15) is 0 Å². The Kier molecular flexibility index (Phi) is 5.05. The van der Waals surface area contributed by atoms with E-state index in [1.54, 1.807) is 19.1 Å². The van der Waals surface area contributed by atoms with Gasteiger partial charge in [-0.1, -0.05) is 18.2 Å². The second kappa shape index (κ2) is 7.40. The molecule has 0 spiro atoms. The van der Waals surface area contributed by atoms with Gasteiger partial charge >= 0.3 is 0 Å². The maximum Gasteiger partial charge on any atom is 0.272 e. The number of nitrogens with one attached hydrogen (secondary N) is 1. The summed E-state index contributed by atoms with van der Waals surface area (Å²) in [4.78, 5) is 26.9. The Hall–Kier alpha value is -2.47. The van der Waals surface area contributed by atoms with Crippen LogP contribution in [0.4, 0.5) is 0 Å². The molecule has 0 unspecified atom stereocenters. The Balaban J connectivity index is 1.74. The zero-order chi connectivity index (χ0) is 16.9. The van der Waals surface area contributed by atoms with Crippen LogP contribution in [0.25, 0.3) is 5.69 Å². The van der Waals surface area contributed by atoms with Crippen LogP contribution in [0.15, 0.2) is 41.2 Å². The highest BCUT2D eigenvalue weighted by atomic mass is 16.2. The van der Waals surface area contributed by atoms with Crippen molar-refractivity contribution in [1.82, 2.24) is 20.0 Å². The molecule has 1 aliphatic rings. The summed E-state index contributed by atoms with van der Waals surface area (Å²) in [6.07, 6.45) is 2.47. The standard InChI is InChI=1S/C18H22N4O2/c1-14-13-16(23)22(15-7-3-2-4-8-15)20-17(14)18(24)19-9-12-21-10-5-6-11-21/h2-4,7-8,13H,5-6,9-12H2,1H3,(H,19,24). The van der Waals surface area contributed by atoms with Crippen LogP contribution in [-0.2, 0) is 0 Å². The number of benzene rings is 1. The van der Waals surface area contributed by atoms with Crippen molar-refractivity contribution in [2.24, 2.45) is 0 Å². The van der Waals surface area contributed by atoms with Crippen LogP contribution in [0.1, 0.15) is 28.9 Å². The van der Waals surface area contributed by atoms with E-state index in [-0.39, 0.29) is 11.5 Å². The van der Waals surface area contributed by atoms with Crippen LogP contribution in [0, 0.1) is 6.92 Å². The van der Waals surface area contributed by atoms with Crippen molar-refractivity contribution in [2.45, 2.75) is 19.8 Å². The number of nitrogens with zero attached hydrogens (tertiary/aromatic N) is 3. The van der Waals surface area contributed by atoms with Crippen molar-refractivity contribution in [3.05, 3.63) is 58.0 Å². The molecule has 1 N–H and O–H groups in total. The van der Waals surface area contributed by atoms with E-state index in [2.05, 4.69) is 15.3 Å². The lowest BCUT2D eigenvalue weighted by Gasteiger charge is -2.15. The van der Waals surface area contributed by atoms with Gasteiger partial charge in [-0.3, -0.25) is 9.59 Å². The van der Waals surface area contributed by atoms with Crippen molar-refractivity contribution in [2.75, 3.05) is 26.2 Å². The first-order valence-electron chi connectivity index (χ1n) is 8.32. The number of hydrogen-bond acceptors (Lipinski definition) is 4. The predicted octanol–water partition coefficient (Wildman–Crippen LogP) is 1.37. The van der Waals surface area contributed by atoms with Crippen molar-refractivity contribution >= 4 is 5.91 Å². The fourth-order valence-corrected chi connectivity index (χ4v) is 2.94. The molecular formula is C18H22N4O2. The summed E-state index contributed by atoms with van der Waals surface area (Å²) in [5.74, 6) is -0.239. The molecule has 1 saturated heterocycles. The summed E-state index contributed by atoms with van der Waals surface area (Å²) in [6, 6.07) is 10.6. The van der Waals surface area contributed by atoms with E-state index in [0.717, 1.165) is 19.6 Å². The molecule has 0 radical (unpaired) electrons. The normalized spacial score (nSPS) is 14.7. The van der Waals surface area contributed by atoms with E-state index in [1.165, 1.54) is 23.6 Å². The van der Waals surface area contributed by atoms with Gasteiger partial charge in [0.2, 0.25) is 0 Å². The average molecular weight is 326 g/mol. The largest absolute Gasteiger partial charge is 0.349 e. The zero-order valence-electron chi connectivity index (χ0n) is 13.9. The van der Waals surface area contributed by atoms with E-state index < -0.39 is 0 Å². The van der Waals surface area contributed by atoms with Crippen LogP contribution in [0.3, 0.4) is 0 Å². The van der Waals surface area contributed by atoms with Gasteiger partial charge in [0, 0.05) is 19.2 Å². The molecule has 2 heterocycles. The molecule has 1 aromatic heterocycles. The third kappa shape index (κ3) is 3.71. The highest BCUT2D eigenvalue weighted by molar-refractivity contribution is 5.93. The topological polar surface area (TPSA) is 67.2 Å². The van der Waals surface area contributed by atoms with E-state index in [4.69, 9.17) is 0 Å². The molecular weight excluding hydrogens is 304 g/mol. The van der Waals surface area contributed by atoms with E-state index >= 15 is 0 Å². The van der Waals surface area contributed by atoms with Crippen LogP contribution >= 0.6 is 0 Å². The number of aryl methyl sites for hydroxylation is 1. The summed E-state index contributed by atoms with van der Waals surface area (Å²) in [7, 11) is 0. The predicted molar refractivity (Wildman–Crippen MR) is 92.6 cm³/mol. The molecule has 0 atom stereocenters. The number of carbonyl (C=O) groups excluding carboxylic acids is 1. The van der Waals surface area contributed by atoms with Gasteiger partial charge in [-0.15, -0.1) is 0 Å². The number of carbonyl (C=O) groups is 1.